The highest BCUT2D eigenvalue weighted by atomic mass is 16.5. The Labute approximate surface area is 235 Å². The average Bonchev–Trinajstić information content (AvgIpc) is 3.25. The number of nitrogens with zero attached hydrogens (tertiary/aromatic N) is 4. The lowest BCUT2D eigenvalue weighted by Gasteiger charge is -2.26. The van der Waals surface area contributed by atoms with Crippen LogP contribution < -0.4 is 19.9 Å². The van der Waals surface area contributed by atoms with Crippen molar-refractivity contribution in [2.45, 2.75) is 33.9 Å². The second-order valence-corrected chi connectivity index (χ2v) is 10.5. The monoisotopic (exact) mass is 536 g/mol. The van der Waals surface area contributed by atoms with E-state index in [1.54, 1.807) is 25.8 Å². The van der Waals surface area contributed by atoms with Crippen LogP contribution in [0.3, 0.4) is 0 Å². The first-order valence-corrected chi connectivity index (χ1v) is 13.3. The molecule has 5 rings (SSSR count). The molecular formula is C33H36N4O3. The first kappa shape index (κ1) is 27.1. The highest BCUT2D eigenvalue weighted by Crippen LogP contribution is 2.34. The van der Waals surface area contributed by atoms with Crippen molar-refractivity contribution in [2.24, 2.45) is 14.1 Å². The predicted molar refractivity (Wildman–Crippen MR) is 161 cm³/mol. The minimum absolute atomic E-state index is 0.0729. The Bertz CT molecular complexity index is 1690. The Morgan fingerprint density at radius 2 is 1.38 bits per heavy atom. The third-order valence-electron chi connectivity index (χ3n) is 7.42. The van der Waals surface area contributed by atoms with Crippen molar-refractivity contribution in [1.29, 1.82) is 0 Å². The van der Waals surface area contributed by atoms with E-state index in [4.69, 9.17) is 14.5 Å². The van der Waals surface area contributed by atoms with E-state index in [1.807, 2.05) is 54.2 Å². The molecule has 0 saturated heterocycles. The van der Waals surface area contributed by atoms with Crippen molar-refractivity contribution in [3.8, 4) is 22.6 Å². The fourth-order valence-electron chi connectivity index (χ4n) is 5.65. The quantitative estimate of drug-likeness (QED) is 0.240. The summed E-state index contributed by atoms with van der Waals surface area (Å²) in [7, 11) is 7.09. The van der Waals surface area contributed by atoms with Crippen LogP contribution in [0.4, 0.5) is 5.95 Å². The molecule has 0 spiro atoms. The van der Waals surface area contributed by atoms with Gasteiger partial charge in [0.2, 0.25) is 5.95 Å². The van der Waals surface area contributed by atoms with Crippen LogP contribution >= 0.6 is 0 Å². The van der Waals surface area contributed by atoms with Crippen molar-refractivity contribution in [1.82, 2.24) is 14.1 Å². The van der Waals surface area contributed by atoms with Gasteiger partial charge in [0.1, 0.15) is 17.1 Å². The SMILES string of the molecule is COc1cccc(CN(Cc2cccc(OC)c2)c2nc3c(c(-c4c(C)cc(C)cc4C)cn3C)c(=O)n2C)c1. The number of rotatable bonds is 8. The van der Waals surface area contributed by atoms with Crippen LogP contribution in [0, 0.1) is 20.8 Å². The number of methoxy groups -OCH3 is 2. The lowest BCUT2D eigenvalue weighted by atomic mass is 9.94. The van der Waals surface area contributed by atoms with E-state index in [-0.39, 0.29) is 5.56 Å². The highest BCUT2D eigenvalue weighted by Gasteiger charge is 2.22. The molecule has 0 unspecified atom stereocenters. The van der Waals surface area contributed by atoms with Gasteiger partial charge >= 0.3 is 0 Å². The van der Waals surface area contributed by atoms with E-state index < -0.39 is 0 Å². The van der Waals surface area contributed by atoms with Crippen molar-refractivity contribution in [2.75, 3.05) is 19.1 Å². The number of ether oxygens (including phenoxy) is 2. The number of aryl methyl sites for hydroxylation is 4. The molecule has 0 N–H and O–H groups in total. The summed E-state index contributed by atoms with van der Waals surface area (Å²) in [6.45, 7) is 7.37. The van der Waals surface area contributed by atoms with Crippen LogP contribution in [0.2, 0.25) is 0 Å². The van der Waals surface area contributed by atoms with E-state index >= 15 is 0 Å². The van der Waals surface area contributed by atoms with Gasteiger partial charge in [-0.2, -0.15) is 4.98 Å². The fraction of sp³-hybridized carbons (Fsp3) is 0.273. The number of hydrogen-bond donors (Lipinski definition) is 0. The number of anilines is 1. The van der Waals surface area contributed by atoms with Gasteiger partial charge in [0.05, 0.1) is 19.6 Å². The molecular weight excluding hydrogens is 500 g/mol. The Balaban J connectivity index is 1.68. The smallest absolute Gasteiger partial charge is 0.264 e. The van der Waals surface area contributed by atoms with Gasteiger partial charge < -0.3 is 18.9 Å². The van der Waals surface area contributed by atoms with E-state index in [1.165, 1.54) is 5.56 Å². The maximum Gasteiger partial charge on any atom is 0.264 e. The summed E-state index contributed by atoms with van der Waals surface area (Å²) >= 11 is 0. The van der Waals surface area contributed by atoms with Crippen molar-refractivity contribution in [3.63, 3.8) is 0 Å². The molecule has 7 heteroatoms. The standard InChI is InChI=1S/C33H36N4O3/c1-21-14-22(2)29(23(3)15-21)28-20-35(4)31-30(28)32(38)36(5)33(34-31)37(18-24-10-8-12-26(16-24)39-6)19-25-11-9-13-27(17-25)40-7/h8-17,20H,18-19H2,1-7H3. The lowest BCUT2D eigenvalue weighted by molar-refractivity contribution is 0.414. The van der Waals surface area contributed by atoms with Crippen LogP contribution in [-0.4, -0.2) is 28.3 Å². The molecule has 0 aliphatic heterocycles. The first-order chi connectivity index (χ1) is 19.2. The van der Waals surface area contributed by atoms with Gasteiger partial charge in [0.15, 0.2) is 0 Å². The molecule has 7 nitrogen and oxygen atoms in total. The molecule has 0 aliphatic carbocycles. The molecule has 2 aromatic heterocycles. The second-order valence-electron chi connectivity index (χ2n) is 10.5. The number of hydrogen-bond acceptors (Lipinski definition) is 5. The lowest BCUT2D eigenvalue weighted by Crippen LogP contribution is -2.31. The Morgan fingerprint density at radius 3 is 1.90 bits per heavy atom. The average molecular weight is 537 g/mol. The van der Waals surface area contributed by atoms with E-state index in [9.17, 15) is 4.79 Å². The zero-order chi connectivity index (χ0) is 28.6. The van der Waals surface area contributed by atoms with Crippen LogP contribution in [-0.2, 0) is 27.2 Å². The van der Waals surface area contributed by atoms with Crippen molar-refractivity contribution in [3.05, 3.63) is 105 Å². The molecule has 5 aromatic rings. The van der Waals surface area contributed by atoms with E-state index in [0.717, 1.165) is 44.9 Å². The van der Waals surface area contributed by atoms with Crippen LogP contribution in [0.15, 0.2) is 71.7 Å². The Kier molecular flexibility index (Phi) is 7.39. The summed E-state index contributed by atoms with van der Waals surface area (Å²) in [6, 6.07) is 20.3. The molecule has 206 valence electrons. The van der Waals surface area contributed by atoms with Crippen molar-refractivity contribution >= 4 is 17.0 Å². The van der Waals surface area contributed by atoms with Gasteiger partial charge in [-0.05, 0) is 72.9 Å². The number of benzene rings is 3. The van der Waals surface area contributed by atoms with E-state index in [0.29, 0.717) is 30.1 Å². The molecule has 0 bridgehead atoms. The second kappa shape index (κ2) is 10.9. The summed E-state index contributed by atoms with van der Waals surface area (Å²) in [6.07, 6.45) is 2.03. The normalized spacial score (nSPS) is 11.2. The van der Waals surface area contributed by atoms with Gasteiger partial charge in [-0.15, -0.1) is 0 Å². The summed E-state index contributed by atoms with van der Waals surface area (Å²) in [4.78, 5) is 21.3. The van der Waals surface area contributed by atoms with Gasteiger partial charge in [-0.25, -0.2) is 0 Å². The molecule has 0 atom stereocenters. The topological polar surface area (TPSA) is 61.5 Å². The van der Waals surface area contributed by atoms with Gasteiger partial charge in [-0.1, -0.05) is 42.0 Å². The maximum absolute atomic E-state index is 14.1. The molecule has 2 heterocycles. The molecule has 0 fully saturated rings. The third-order valence-corrected chi connectivity index (χ3v) is 7.42. The zero-order valence-corrected chi connectivity index (χ0v) is 24.3. The molecule has 0 aliphatic rings. The zero-order valence-electron chi connectivity index (χ0n) is 24.3. The third kappa shape index (κ3) is 5.07. The highest BCUT2D eigenvalue weighted by molar-refractivity contribution is 5.95. The molecule has 3 aromatic carbocycles. The summed E-state index contributed by atoms with van der Waals surface area (Å²) in [5.74, 6) is 2.16. The maximum atomic E-state index is 14.1. The molecule has 40 heavy (non-hydrogen) atoms. The Morgan fingerprint density at radius 1 is 0.825 bits per heavy atom. The molecule has 0 amide bonds. The molecule has 0 saturated carbocycles. The van der Waals surface area contributed by atoms with E-state index in [2.05, 4.69) is 49.9 Å². The largest absolute Gasteiger partial charge is 0.497 e. The Hall–Kier alpha value is -4.52. The number of aromatic nitrogens is 3. The minimum atomic E-state index is -0.0729. The van der Waals surface area contributed by atoms with Crippen LogP contribution in [0.5, 0.6) is 11.5 Å². The summed E-state index contributed by atoms with van der Waals surface area (Å²) in [5.41, 5.74) is 8.20. The number of fused-ring (bicyclic) bond motifs is 1. The molecule has 0 radical (unpaired) electrons. The summed E-state index contributed by atoms with van der Waals surface area (Å²) in [5, 5.41) is 0.631. The van der Waals surface area contributed by atoms with Crippen molar-refractivity contribution < 1.29 is 9.47 Å². The minimum Gasteiger partial charge on any atom is -0.497 e. The first-order valence-electron chi connectivity index (χ1n) is 13.3. The van der Waals surface area contributed by atoms with Gasteiger partial charge in [0.25, 0.3) is 5.56 Å². The summed E-state index contributed by atoms with van der Waals surface area (Å²) < 4.78 is 14.6. The van der Waals surface area contributed by atoms with Crippen LogP contribution in [0.25, 0.3) is 22.2 Å². The van der Waals surface area contributed by atoms with Gasteiger partial charge in [0, 0.05) is 38.9 Å². The fourth-order valence-corrected chi connectivity index (χ4v) is 5.65. The van der Waals surface area contributed by atoms with Crippen LogP contribution in [0.1, 0.15) is 27.8 Å². The van der Waals surface area contributed by atoms with Gasteiger partial charge in [-0.3, -0.25) is 9.36 Å². The predicted octanol–water partition coefficient (Wildman–Crippen LogP) is 6.09.